The first-order valence-corrected chi connectivity index (χ1v) is 8.75. The molecule has 1 N–H and O–H groups in total. The van der Waals surface area contributed by atoms with Crippen LogP contribution in [-0.2, 0) is 4.74 Å². The first-order chi connectivity index (χ1) is 10.1. The Hall–Kier alpha value is -0.980. The molecule has 0 bridgehead atoms. The summed E-state index contributed by atoms with van der Waals surface area (Å²) in [4.78, 5) is 15.9. The van der Waals surface area contributed by atoms with Crippen molar-refractivity contribution in [2.75, 3.05) is 6.61 Å². The predicted molar refractivity (Wildman–Crippen MR) is 88.8 cm³/mol. The molecule has 2 aromatic heterocycles. The molecule has 1 atom stereocenters. The third kappa shape index (κ3) is 2.49. The highest BCUT2D eigenvalue weighted by molar-refractivity contribution is 7.71. The van der Waals surface area contributed by atoms with Gasteiger partial charge in [-0.3, -0.25) is 9.36 Å². The first-order valence-electron chi connectivity index (χ1n) is 7.46. The van der Waals surface area contributed by atoms with Crippen LogP contribution in [0.15, 0.2) is 16.2 Å². The fourth-order valence-corrected chi connectivity index (χ4v) is 4.37. The van der Waals surface area contributed by atoms with E-state index in [4.69, 9.17) is 17.0 Å². The van der Waals surface area contributed by atoms with Crippen LogP contribution in [0.5, 0.6) is 0 Å². The van der Waals surface area contributed by atoms with Crippen molar-refractivity contribution in [1.82, 2.24) is 9.55 Å². The smallest absolute Gasteiger partial charge is 0.272 e. The summed E-state index contributed by atoms with van der Waals surface area (Å²) in [6, 6.07) is 2.04. The van der Waals surface area contributed by atoms with Crippen LogP contribution >= 0.6 is 23.6 Å². The number of H-pyrrole nitrogens is 1. The Morgan fingerprint density at radius 2 is 2.29 bits per heavy atom. The summed E-state index contributed by atoms with van der Waals surface area (Å²) >= 11 is 6.90. The van der Waals surface area contributed by atoms with Crippen LogP contribution in [0.3, 0.4) is 0 Å². The maximum Gasteiger partial charge on any atom is 0.272 e. The van der Waals surface area contributed by atoms with Gasteiger partial charge in [-0.2, -0.15) is 0 Å². The van der Waals surface area contributed by atoms with E-state index >= 15 is 0 Å². The molecule has 0 aromatic carbocycles. The van der Waals surface area contributed by atoms with Gasteiger partial charge in [-0.15, -0.1) is 11.3 Å². The van der Waals surface area contributed by atoms with Gasteiger partial charge in [0.25, 0.3) is 5.56 Å². The Kier molecular flexibility index (Phi) is 4.03. The number of hydrogen-bond acceptors (Lipinski definition) is 4. The number of nitrogens with zero attached hydrogens (tertiary/aromatic N) is 1. The van der Waals surface area contributed by atoms with E-state index in [0.717, 1.165) is 35.9 Å². The molecule has 114 valence electrons. The number of fused-ring (bicyclic) bond motifs is 1. The number of ether oxygens (including phenoxy) is 1. The Morgan fingerprint density at radius 3 is 3.00 bits per heavy atom. The minimum atomic E-state index is -0.117. The topological polar surface area (TPSA) is 47.0 Å². The van der Waals surface area contributed by atoms with E-state index < -0.39 is 0 Å². The lowest BCUT2D eigenvalue weighted by molar-refractivity contribution is -0.0993. The van der Waals surface area contributed by atoms with Gasteiger partial charge in [-0.1, -0.05) is 13.8 Å². The van der Waals surface area contributed by atoms with Crippen LogP contribution in [0.25, 0.3) is 10.2 Å². The Morgan fingerprint density at radius 1 is 1.52 bits per heavy atom. The molecule has 0 amide bonds. The average molecular weight is 324 g/mol. The molecule has 1 unspecified atom stereocenters. The molecule has 1 aliphatic heterocycles. The lowest BCUT2D eigenvalue weighted by Gasteiger charge is -2.40. The van der Waals surface area contributed by atoms with Gasteiger partial charge in [0, 0.05) is 12.6 Å². The summed E-state index contributed by atoms with van der Waals surface area (Å²) in [6.45, 7) is 4.99. The molecule has 3 rings (SSSR count). The first kappa shape index (κ1) is 14.9. The van der Waals surface area contributed by atoms with Crippen molar-refractivity contribution in [1.29, 1.82) is 0 Å². The van der Waals surface area contributed by atoms with E-state index in [-0.39, 0.29) is 17.2 Å². The SMILES string of the molecule is CCC1(CC)CC(n2c(=S)[nH]c3ccsc3c2=O)CCO1. The summed E-state index contributed by atoms with van der Waals surface area (Å²) in [5.74, 6) is 0. The minimum absolute atomic E-state index is 0.0387. The zero-order valence-corrected chi connectivity index (χ0v) is 14.0. The molecule has 0 spiro atoms. The molecular formula is C15H20N2O2S2. The Balaban J connectivity index is 2.08. The zero-order valence-electron chi connectivity index (χ0n) is 12.3. The quantitative estimate of drug-likeness (QED) is 0.867. The van der Waals surface area contributed by atoms with Crippen LogP contribution in [0.4, 0.5) is 0 Å². The molecule has 21 heavy (non-hydrogen) atoms. The highest BCUT2D eigenvalue weighted by atomic mass is 32.1. The average Bonchev–Trinajstić information content (AvgIpc) is 2.96. The standard InChI is InChI=1S/C15H20N2O2S2/c1-3-15(4-2)9-10(5-7-19-15)17-13(18)12-11(6-8-21-12)16-14(17)20/h6,8,10H,3-5,7,9H2,1-2H3,(H,16,20). The molecular weight excluding hydrogens is 304 g/mol. The van der Waals surface area contributed by atoms with Gasteiger partial charge in [0.2, 0.25) is 0 Å². The maximum absolute atomic E-state index is 12.7. The van der Waals surface area contributed by atoms with Crippen LogP contribution in [0.2, 0.25) is 0 Å². The van der Waals surface area contributed by atoms with Crippen molar-refractivity contribution in [3.63, 3.8) is 0 Å². The second kappa shape index (κ2) is 5.66. The number of nitrogens with one attached hydrogen (secondary N) is 1. The largest absolute Gasteiger partial charge is 0.375 e. The summed E-state index contributed by atoms with van der Waals surface area (Å²) < 4.78 is 9.07. The third-order valence-electron chi connectivity index (χ3n) is 4.66. The molecule has 0 aliphatic carbocycles. The highest BCUT2D eigenvalue weighted by Gasteiger charge is 2.36. The number of rotatable bonds is 3. The van der Waals surface area contributed by atoms with E-state index in [9.17, 15) is 4.79 Å². The summed E-state index contributed by atoms with van der Waals surface area (Å²) in [7, 11) is 0. The van der Waals surface area contributed by atoms with Crippen molar-refractivity contribution in [3.05, 3.63) is 26.6 Å². The van der Waals surface area contributed by atoms with Crippen LogP contribution in [0, 0.1) is 4.77 Å². The van der Waals surface area contributed by atoms with E-state index in [1.54, 1.807) is 4.57 Å². The fourth-order valence-electron chi connectivity index (χ4n) is 3.25. The van der Waals surface area contributed by atoms with E-state index in [1.807, 2.05) is 11.4 Å². The lowest BCUT2D eigenvalue weighted by atomic mass is 9.86. The van der Waals surface area contributed by atoms with Gasteiger partial charge in [-0.25, -0.2) is 0 Å². The molecule has 2 aromatic rings. The maximum atomic E-state index is 12.7. The molecule has 1 saturated heterocycles. The van der Waals surface area contributed by atoms with Crippen LogP contribution in [0.1, 0.15) is 45.6 Å². The van der Waals surface area contributed by atoms with Gasteiger partial charge in [0.15, 0.2) is 4.77 Å². The van der Waals surface area contributed by atoms with Crippen LogP contribution in [-0.4, -0.2) is 21.8 Å². The Bertz CT molecular complexity index is 755. The van der Waals surface area contributed by atoms with Crippen LogP contribution < -0.4 is 5.56 Å². The second-order valence-electron chi connectivity index (χ2n) is 5.65. The van der Waals surface area contributed by atoms with Gasteiger partial charge >= 0.3 is 0 Å². The van der Waals surface area contributed by atoms with Crippen molar-refractivity contribution >= 4 is 33.8 Å². The number of aromatic nitrogens is 2. The van der Waals surface area contributed by atoms with Crippen molar-refractivity contribution in [2.24, 2.45) is 0 Å². The normalized spacial score (nSPS) is 21.7. The molecule has 1 fully saturated rings. The molecule has 0 radical (unpaired) electrons. The molecule has 1 aliphatic rings. The second-order valence-corrected chi connectivity index (χ2v) is 6.96. The van der Waals surface area contributed by atoms with Gasteiger partial charge in [0.05, 0.1) is 11.1 Å². The fraction of sp³-hybridized carbons (Fsp3) is 0.600. The number of hydrogen-bond donors (Lipinski definition) is 1. The third-order valence-corrected chi connectivity index (χ3v) is 5.86. The number of thiophene rings is 1. The van der Waals surface area contributed by atoms with Gasteiger partial charge in [0.1, 0.15) is 4.70 Å². The number of aromatic amines is 1. The molecule has 3 heterocycles. The van der Waals surface area contributed by atoms with Crippen molar-refractivity contribution in [2.45, 2.75) is 51.2 Å². The monoisotopic (exact) mass is 324 g/mol. The lowest BCUT2D eigenvalue weighted by Crippen LogP contribution is -2.42. The zero-order chi connectivity index (χ0) is 15.0. The predicted octanol–water partition coefficient (Wildman–Crippen LogP) is 4.03. The molecule has 4 nitrogen and oxygen atoms in total. The Labute approximate surface area is 132 Å². The molecule has 0 saturated carbocycles. The summed E-state index contributed by atoms with van der Waals surface area (Å²) in [5, 5.41) is 1.92. The van der Waals surface area contributed by atoms with Gasteiger partial charge in [-0.05, 0) is 49.3 Å². The van der Waals surface area contributed by atoms with E-state index in [1.165, 1.54) is 11.3 Å². The minimum Gasteiger partial charge on any atom is -0.375 e. The van der Waals surface area contributed by atoms with E-state index in [0.29, 0.717) is 11.4 Å². The summed E-state index contributed by atoms with van der Waals surface area (Å²) in [5.41, 5.74) is 0.765. The van der Waals surface area contributed by atoms with Crippen molar-refractivity contribution < 1.29 is 4.74 Å². The van der Waals surface area contributed by atoms with Crippen molar-refractivity contribution in [3.8, 4) is 0 Å². The summed E-state index contributed by atoms with van der Waals surface area (Å²) in [6.07, 6.45) is 3.63. The highest BCUT2D eigenvalue weighted by Crippen LogP contribution is 2.36. The van der Waals surface area contributed by atoms with E-state index in [2.05, 4.69) is 18.8 Å². The molecule has 6 heteroatoms. The van der Waals surface area contributed by atoms with Gasteiger partial charge < -0.3 is 9.72 Å².